The predicted octanol–water partition coefficient (Wildman–Crippen LogP) is 4.19. The number of methoxy groups -OCH3 is 4. The molecule has 0 saturated heterocycles. The van der Waals surface area contributed by atoms with Crippen LogP contribution in [0.2, 0.25) is 0 Å². The normalized spacial score (nSPS) is 11.0. The zero-order chi connectivity index (χ0) is 18.4. The van der Waals surface area contributed by atoms with Gasteiger partial charge in [0.05, 0.1) is 34.0 Å². The Balaban J connectivity index is 2.67. The minimum Gasteiger partial charge on any atom is -0.496 e. The summed E-state index contributed by atoms with van der Waals surface area (Å²) < 4.78 is 21.6. The smallest absolute Gasteiger partial charge is 0.338 e. The Morgan fingerprint density at radius 2 is 1.52 bits per heavy atom. The van der Waals surface area contributed by atoms with Crippen LogP contribution < -0.4 is 14.2 Å². The monoisotopic (exact) mass is 406 g/mol. The average Bonchev–Trinajstić information content (AvgIpc) is 2.65. The molecular formula is C19H19BrO5. The molecule has 0 saturated carbocycles. The Labute approximate surface area is 155 Å². The van der Waals surface area contributed by atoms with Crippen LogP contribution in [0.4, 0.5) is 0 Å². The summed E-state index contributed by atoms with van der Waals surface area (Å²) in [6.45, 7) is 0. The number of rotatable bonds is 6. The number of halogens is 1. The third-order valence-corrected chi connectivity index (χ3v) is 4.26. The van der Waals surface area contributed by atoms with Gasteiger partial charge in [0.25, 0.3) is 0 Å². The number of para-hydroxylation sites is 1. The molecule has 0 fully saturated rings. The Kier molecular flexibility index (Phi) is 6.47. The van der Waals surface area contributed by atoms with Gasteiger partial charge < -0.3 is 18.9 Å². The zero-order valence-electron chi connectivity index (χ0n) is 14.5. The van der Waals surface area contributed by atoms with E-state index in [1.165, 1.54) is 14.2 Å². The molecule has 2 rings (SSSR count). The first-order valence-electron chi connectivity index (χ1n) is 7.40. The van der Waals surface area contributed by atoms with Crippen molar-refractivity contribution in [2.75, 3.05) is 28.4 Å². The Morgan fingerprint density at radius 1 is 0.920 bits per heavy atom. The van der Waals surface area contributed by atoms with E-state index in [0.717, 1.165) is 5.56 Å². The molecule has 0 atom stereocenters. The second kappa shape index (κ2) is 8.58. The molecule has 0 aliphatic heterocycles. The quantitative estimate of drug-likeness (QED) is 0.409. The van der Waals surface area contributed by atoms with E-state index >= 15 is 0 Å². The van der Waals surface area contributed by atoms with Gasteiger partial charge in [0.15, 0.2) is 11.5 Å². The molecule has 0 unspecified atom stereocenters. The van der Waals surface area contributed by atoms with Crippen molar-refractivity contribution < 1.29 is 23.7 Å². The highest BCUT2D eigenvalue weighted by atomic mass is 79.9. The van der Waals surface area contributed by atoms with Crippen molar-refractivity contribution in [3.05, 3.63) is 52.0 Å². The molecule has 0 N–H and O–H groups in total. The third kappa shape index (κ3) is 4.14. The number of esters is 1. The van der Waals surface area contributed by atoms with Gasteiger partial charge in [0, 0.05) is 15.6 Å². The van der Waals surface area contributed by atoms with Gasteiger partial charge >= 0.3 is 5.97 Å². The summed E-state index contributed by atoms with van der Waals surface area (Å²) in [5, 5.41) is 0. The summed E-state index contributed by atoms with van der Waals surface area (Å²) >= 11 is 3.48. The van der Waals surface area contributed by atoms with Crippen LogP contribution in [0.3, 0.4) is 0 Å². The van der Waals surface area contributed by atoms with Crippen LogP contribution in [-0.4, -0.2) is 34.4 Å². The Morgan fingerprint density at radius 3 is 2.12 bits per heavy atom. The highest BCUT2D eigenvalue weighted by Crippen LogP contribution is 2.38. The van der Waals surface area contributed by atoms with Gasteiger partial charge in [-0.2, -0.15) is 0 Å². The SMILES string of the molecule is COC(=O)/C(=C/c1ccccc1OC)c1cc(OC)c(OC)cc1Br. The van der Waals surface area contributed by atoms with Crippen LogP contribution in [-0.2, 0) is 9.53 Å². The molecule has 0 heterocycles. The predicted molar refractivity (Wildman–Crippen MR) is 100 cm³/mol. The summed E-state index contributed by atoms with van der Waals surface area (Å²) in [7, 11) is 6.01. The largest absolute Gasteiger partial charge is 0.496 e. The molecular weight excluding hydrogens is 388 g/mol. The fourth-order valence-corrected chi connectivity index (χ4v) is 2.89. The fraction of sp³-hybridized carbons (Fsp3) is 0.211. The van der Waals surface area contributed by atoms with Crippen LogP contribution >= 0.6 is 15.9 Å². The first kappa shape index (κ1) is 18.9. The van der Waals surface area contributed by atoms with Gasteiger partial charge in [-0.3, -0.25) is 0 Å². The summed E-state index contributed by atoms with van der Waals surface area (Å²) in [4.78, 5) is 12.4. The molecule has 0 aliphatic rings. The minimum atomic E-state index is -0.473. The van der Waals surface area contributed by atoms with E-state index in [1.807, 2.05) is 24.3 Å². The second-order valence-electron chi connectivity index (χ2n) is 4.98. The highest BCUT2D eigenvalue weighted by molar-refractivity contribution is 9.10. The van der Waals surface area contributed by atoms with E-state index < -0.39 is 5.97 Å². The molecule has 6 heteroatoms. The van der Waals surface area contributed by atoms with Crippen molar-refractivity contribution in [3.8, 4) is 17.2 Å². The molecule has 0 bridgehead atoms. The zero-order valence-corrected chi connectivity index (χ0v) is 16.0. The number of carbonyl (C=O) groups excluding carboxylic acids is 1. The Bertz CT molecular complexity index is 798. The maximum absolute atomic E-state index is 12.4. The first-order chi connectivity index (χ1) is 12.0. The molecule has 5 nitrogen and oxygen atoms in total. The summed E-state index contributed by atoms with van der Waals surface area (Å²) in [5.74, 6) is 1.24. The van der Waals surface area contributed by atoms with Crippen LogP contribution in [0.25, 0.3) is 11.6 Å². The van der Waals surface area contributed by atoms with Gasteiger partial charge in [0.2, 0.25) is 0 Å². The molecule has 0 amide bonds. The van der Waals surface area contributed by atoms with Crippen LogP contribution in [0.1, 0.15) is 11.1 Å². The standard InChI is InChI=1S/C19H19BrO5/c1-22-16-8-6-5-7-12(16)9-14(19(21)25-4)13-10-17(23-2)18(24-3)11-15(13)20/h5-11H,1-4H3/b14-9+. The van der Waals surface area contributed by atoms with Crippen molar-refractivity contribution in [1.82, 2.24) is 0 Å². The average molecular weight is 407 g/mol. The lowest BCUT2D eigenvalue weighted by Crippen LogP contribution is -2.05. The number of carbonyl (C=O) groups is 1. The molecule has 2 aromatic carbocycles. The van der Waals surface area contributed by atoms with Gasteiger partial charge in [-0.25, -0.2) is 4.79 Å². The maximum Gasteiger partial charge on any atom is 0.338 e. The lowest BCUT2D eigenvalue weighted by Gasteiger charge is -2.14. The lowest BCUT2D eigenvalue weighted by molar-refractivity contribution is -0.133. The van der Waals surface area contributed by atoms with Crippen LogP contribution in [0.15, 0.2) is 40.9 Å². The number of hydrogen-bond donors (Lipinski definition) is 0. The Hall–Kier alpha value is -2.47. The van der Waals surface area contributed by atoms with E-state index in [1.54, 1.807) is 32.4 Å². The number of ether oxygens (including phenoxy) is 4. The number of hydrogen-bond acceptors (Lipinski definition) is 5. The first-order valence-corrected chi connectivity index (χ1v) is 8.19. The van der Waals surface area contributed by atoms with Crippen molar-refractivity contribution in [1.29, 1.82) is 0 Å². The van der Waals surface area contributed by atoms with Crippen molar-refractivity contribution in [2.45, 2.75) is 0 Å². The van der Waals surface area contributed by atoms with E-state index in [4.69, 9.17) is 18.9 Å². The van der Waals surface area contributed by atoms with Gasteiger partial charge in [-0.15, -0.1) is 0 Å². The van der Waals surface area contributed by atoms with Crippen LogP contribution in [0.5, 0.6) is 17.2 Å². The summed E-state index contributed by atoms with van der Waals surface area (Å²) in [6.07, 6.45) is 1.72. The minimum absolute atomic E-state index is 0.361. The van der Waals surface area contributed by atoms with E-state index in [2.05, 4.69) is 15.9 Å². The molecule has 132 valence electrons. The maximum atomic E-state index is 12.4. The highest BCUT2D eigenvalue weighted by Gasteiger charge is 2.19. The summed E-state index contributed by atoms with van der Waals surface area (Å²) in [5.41, 5.74) is 1.74. The summed E-state index contributed by atoms with van der Waals surface area (Å²) in [6, 6.07) is 10.9. The molecule has 0 spiro atoms. The van der Waals surface area contributed by atoms with Crippen molar-refractivity contribution >= 4 is 33.5 Å². The molecule has 0 radical (unpaired) electrons. The fourth-order valence-electron chi connectivity index (χ4n) is 2.36. The van der Waals surface area contributed by atoms with Gasteiger partial charge in [-0.05, 0) is 24.3 Å². The topological polar surface area (TPSA) is 54.0 Å². The number of benzene rings is 2. The van der Waals surface area contributed by atoms with Gasteiger partial charge in [0.1, 0.15) is 5.75 Å². The van der Waals surface area contributed by atoms with E-state index in [9.17, 15) is 4.79 Å². The lowest BCUT2D eigenvalue weighted by atomic mass is 10.0. The van der Waals surface area contributed by atoms with Crippen molar-refractivity contribution in [2.24, 2.45) is 0 Å². The molecule has 0 aliphatic carbocycles. The molecule has 2 aromatic rings. The van der Waals surface area contributed by atoms with Gasteiger partial charge in [-0.1, -0.05) is 34.1 Å². The van der Waals surface area contributed by atoms with Crippen LogP contribution in [0, 0.1) is 0 Å². The van der Waals surface area contributed by atoms with E-state index in [-0.39, 0.29) is 0 Å². The molecule has 25 heavy (non-hydrogen) atoms. The molecule has 0 aromatic heterocycles. The second-order valence-corrected chi connectivity index (χ2v) is 5.83. The van der Waals surface area contributed by atoms with Crippen molar-refractivity contribution in [3.63, 3.8) is 0 Å². The third-order valence-electron chi connectivity index (χ3n) is 3.61. The van der Waals surface area contributed by atoms with E-state index in [0.29, 0.717) is 32.9 Å².